The Hall–Kier alpha value is -3.62. The molecule has 3 aromatic rings. The van der Waals surface area contributed by atoms with Crippen LogP contribution in [0.15, 0.2) is 60.9 Å². The minimum absolute atomic E-state index is 0.117. The second kappa shape index (κ2) is 13.6. The predicted octanol–water partition coefficient (Wildman–Crippen LogP) is 4.39. The smallest absolute Gasteiger partial charge is 0.185 e. The van der Waals surface area contributed by atoms with Crippen molar-refractivity contribution in [2.75, 3.05) is 64.2 Å². The zero-order valence-electron chi connectivity index (χ0n) is 25.5. The largest absolute Gasteiger partial charge is 0.371 e. The molecule has 2 saturated heterocycles. The van der Waals surface area contributed by atoms with Gasteiger partial charge in [-0.25, -0.2) is 9.97 Å². The number of carbonyl (C=O) groups is 2. The molecule has 0 spiro atoms. The van der Waals surface area contributed by atoms with Crippen molar-refractivity contribution in [3.8, 4) is 0 Å². The van der Waals surface area contributed by atoms with E-state index in [0.29, 0.717) is 12.1 Å². The molecule has 0 unspecified atom stereocenters. The molecule has 2 aliphatic heterocycles. The number of Topliss-reactive ketones (excluding diaryl/α,β-unsaturated/α-hetero) is 2. The van der Waals surface area contributed by atoms with E-state index in [0.717, 1.165) is 63.0 Å². The highest BCUT2D eigenvalue weighted by Gasteiger charge is 2.22. The Labute approximate surface area is 250 Å². The molecule has 2 fully saturated rings. The fourth-order valence-electron chi connectivity index (χ4n) is 6.14. The lowest BCUT2D eigenvalue weighted by Gasteiger charge is -2.36. The van der Waals surface area contributed by atoms with Gasteiger partial charge >= 0.3 is 0 Å². The number of hydrogen-bond acceptors (Lipinski definition) is 8. The van der Waals surface area contributed by atoms with Gasteiger partial charge in [0.2, 0.25) is 0 Å². The monoisotopic (exact) mass is 568 g/mol. The van der Waals surface area contributed by atoms with Gasteiger partial charge in [0.1, 0.15) is 17.7 Å². The highest BCUT2D eigenvalue weighted by atomic mass is 16.1. The molecule has 0 N–H and O–H groups in total. The molecular weight excluding hydrogens is 524 g/mol. The van der Waals surface area contributed by atoms with Crippen LogP contribution in [0.3, 0.4) is 0 Å². The number of carbonyl (C=O) groups excluding carboxylic acids is 2. The number of piperidine rings is 2. The van der Waals surface area contributed by atoms with Gasteiger partial charge in [0.15, 0.2) is 11.6 Å². The highest BCUT2D eigenvalue weighted by molar-refractivity contribution is 6.00. The molecule has 0 saturated carbocycles. The van der Waals surface area contributed by atoms with Crippen LogP contribution in [-0.4, -0.2) is 97.8 Å². The van der Waals surface area contributed by atoms with Crippen LogP contribution in [0.25, 0.3) is 0 Å². The third-order valence-electron chi connectivity index (χ3n) is 8.96. The fraction of sp³-hybridized carbons (Fsp3) is 0.471. The topological polar surface area (TPSA) is 72.9 Å². The number of benzene rings is 2. The Kier molecular flexibility index (Phi) is 9.65. The van der Waals surface area contributed by atoms with Crippen LogP contribution < -0.4 is 9.80 Å². The van der Waals surface area contributed by atoms with Crippen molar-refractivity contribution >= 4 is 22.9 Å². The summed E-state index contributed by atoms with van der Waals surface area (Å²) >= 11 is 0. The number of nitrogens with zero attached hydrogens (tertiary/aromatic N) is 6. The van der Waals surface area contributed by atoms with Gasteiger partial charge in [0.05, 0.1) is 0 Å². The normalized spacial score (nSPS) is 16.8. The zero-order chi connectivity index (χ0) is 29.6. The van der Waals surface area contributed by atoms with Gasteiger partial charge in [-0.05, 0) is 95.3 Å². The van der Waals surface area contributed by atoms with Crippen LogP contribution in [-0.2, 0) is 12.8 Å². The van der Waals surface area contributed by atoms with E-state index in [2.05, 4.69) is 82.0 Å². The molecule has 1 aromatic heterocycles. The molecule has 42 heavy (non-hydrogen) atoms. The summed E-state index contributed by atoms with van der Waals surface area (Å²) in [5.41, 5.74) is 4.81. The lowest BCUT2D eigenvalue weighted by molar-refractivity contribution is 0.0987. The van der Waals surface area contributed by atoms with Crippen molar-refractivity contribution in [2.45, 2.75) is 50.6 Å². The SMILES string of the molecule is CN(C)C1CCN(c2ccc(CC(=O)c3cc(C(=O)Cc4ccc(N5CCC(N(C)C)CC5)cc4)ncn3)cc2)CC1. The summed E-state index contributed by atoms with van der Waals surface area (Å²) < 4.78 is 0. The van der Waals surface area contributed by atoms with Crippen LogP contribution >= 0.6 is 0 Å². The van der Waals surface area contributed by atoms with E-state index in [9.17, 15) is 9.59 Å². The predicted molar refractivity (Wildman–Crippen MR) is 169 cm³/mol. The number of ketones is 2. The first kappa shape index (κ1) is 29.9. The number of rotatable bonds is 10. The Balaban J connectivity index is 1.14. The van der Waals surface area contributed by atoms with Crippen LogP contribution in [0.4, 0.5) is 11.4 Å². The third kappa shape index (κ3) is 7.41. The quantitative estimate of drug-likeness (QED) is 0.334. The summed E-state index contributed by atoms with van der Waals surface area (Å²) in [6.07, 6.45) is 6.42. The standard InChI is InChI=1S/C34H44N6O2/c1-37(2)27-13-17-39(18-14-27)29-9-5-25(6-10-29)21-33(41)31-23-32(36-24-35-31)34(42)22-26-7-11-30(12-8-26)40-19-15-28(16-20-40)38(3)4/h5-12,23-24,27-28H,13-22H2,1-4H3. The van der Waals surface area contributed by atoms with Crippen molar-refractivity contribution in [3.05, 3.63) is 83.4 Å². The molecule has 0 aliphatic carbocycles. The van der Waals surface area contributed by atoms with Gasteiger partial charge < -0.3 is 19.6 Å². The number of aromatic nitrogens is 2. The van der Waals surface area contributed by atoms with Crippen LogP contribution in [0.5, 0.6) is 0 Å². The van der Waals surface area contributed by atoms with E-state index in [4.69, 9.17) is 0 Å². The molecule has 5 rings (SSSR count). The first-order valence-electron chi connectivity index (χ1n) is 15.2. The molecule has 222 valence electrons. The van der Waals surface area contributed by atoms with Crippen molar-refractivity contribution < 1.29 is 9.59 Å². The van der Waals surface area contributed by atoms with Crippen LogP contribution in [0, 0.1) is 0 Å². The van der Waals surface area contributed by atoms with Crippen LogP contribution in [0.2, 0.25) is 0 Å². The van der Waals surface area contributed by atoms with E-state index in [1.807, 2.05) is 24.3 Å². The molecule has 0 atom stereocenters. The number of hydrogen-bond donors (Lipinski definition) is 0. The second-order valence-electron chi connectivity index (χ2n) is 12.2. The van der Waals surface area contributed by atoms with Crippen molar-refractivity contribution in [1.82, 2.24) is 19.8 Å². The Morgan fingerprint density at radius 1 is 0.643 bits per heavy atom. The molecule has 3 heterocycles. The maximum Gasteiger partial charge on any atom is 0.185 e. The molecule has 0 bridgehead atoms. The van der Waals surface area contributed by atoms with E-state index in [1.165, 1.54) is 23.8 Å². The Morgan fingerprint density at radius 2 is 1.00 bits per heavy atom. The molecule has 8 nitrogen and oxygen atoms in total. The maximum absolute atomic E-state index is 13.1. The molecule has 0 amide bonds. The van der Waals surface area contributed by atoms with Gasteiger partial charge in [-0.3, -0.25) is 9.59 Å². The number of anilines is 2. The first-order valence-corrected chi connectivity index (χ1v) is 15.2. The van der Waals surface area contributed by atoms with E-state index in [1.54, 1.807) is 0 Å². The zero-order valence-corrected chi connectivity index (χ0v) is 25.5. The van der Waals surface area contributed by atoms with Crippen LogP contribution in [0.1, 0.15) is 57.8 Å². The van der Waals surface area contributed by atoms with Gasteiger partial charge in [0.25, 0.3) is 0 Å². The minimum Gasteiger partial charge on any atom is -0.371 e. The average Bonchev–Trinajstić information content (AvgIpc) is 3.02. The minimum atomic E-state index is -0.117. The lowest BCUT2D eigenvalue weighted by Crippen LogP contribution is -2.41. The van der Waals surface area contributed by atoms with Crippen molar-refractivity contribution in [1.29, 1.82) is 0 Å². The molecule has 2 aliphatic rings. The summed E-state index contributed by atoms with van der Waals surface area (Å²) in [5.74, 6) is -0.234. The van der Waals surface area contributed by atoms with Gasteiger partial charge in [-0.1, -0.05) is 24.3 Å². The van der Waals surface area contributed by atoms with Gasteiger partial charge in [0, 0.05) is 62.5 Å². The van der Waals surface area contributed by atoms with E-state index >= 15 is 0 Å². The Morgan fingerprint density at radius 3 is 1.33 bits per heavy atom. The van der Waals surface area contributed by atoms with Crippen molar-refractivity contribution in [2.24, 2.45) is 0 Å². The average molecular weight is 569 g/mol. The molecule has 0 radical (unpaired) electrons. The van der Waals surface area contributed by atoms with Gasteiger partial charge in [-0.2, -0.15) is 0 Å². The van der Waals surface area contributed by atoms with E-state index < -0.39 is 0 Å². The van der Waals surface area contributed by atoms with Gasteiger partial charge in [-0.15, -0.1) is 0 Å². The van der Waals surface area contributed by atoms with Crippen molar-refractivity contribution in [3.63, 3.8) is 0 Å². The maximum atomic E-state index is 13.1. The molecule has 2 aromatic carbocycles. The summed E-state index contributed by atoms with van der Waals surface area (Å²) in [5, 5.41) is 0. The molecular formula is C34H44N6O2. The third-order valence-corrected chi connectivity index (χ3v) is 8.96. The first-order chi connectivity index (χ1) is 20.3. The Bertz CT molecular complexity index is 1240. The lowest BCUT2D eigenvalue weighted by atomic mass is 10.0. The molecule has 8 heteroatoms. The summed E-state index contributed by atoms with van der Waals surface area (Å²) in [4.78, 5) is 43.9. The summed E-state index contributed by atoms with van der Waals surface area (Å²) in [6.45, 7) is 4.16. The second-order valence-corrected chi connectivity index (χ2v) is 12.2. The van der Waals surface area contributed by atoms with E-state index in [-0.39, 0.29) is 35.8 Å². The highest BCUT2D eigenvalue weighted by Crippen LogP contribution is 2.24. The summed E-state index contributed by atoms with van der Waals surface area (Å²) in [7, 11) is 8.60. The fourth-order valence-corrected chi connectivity index (χ4v) is 6.14. The summed E-state index contributed by atoms with van der Waals surface area (Å²) in [6, 6.07) is 19.3.